The van der Waals surface area contributed by atoms with Gasteiger partial charge in [0.2, 0.25) is 0 Å². The number of aryl methyl sites for hydroxylation is 1. The Bertz CT molecular complexity index is 538. The van der Waals surface area contributed by atoms with Crippen LogP contribution in [-0.2, 0) is 6.54 Å². The number of hydrogen-bond acceptors (Lipinski definition) is 2. The second-order valence-corrected chi connectivity index (χ2v) is 6.15. The van der Waals surface area contributed by atoms with Gasteiger partial charge in [-0.05, 0) is 48.6 Å². The van der Waals surface area contributed by atoms with Crippen molar-refractivity contribution in [1.82, 2.24) is 5.32 Å². The van der Waals surface area contributed by atoms with Crippen molar-refractivity contribution in [2.24, 2.45) is 0 Å². The van der Waals surface area contributed by atoms with Crippen LogP contribution < -0.4 is 5.32 Å². The average molecular weight is 328 g/mol. The molecule has 0 bridgehead atoms. The van der Waals surface area contributed by atoms with E-state index in [4.69, 9.17) is 0 Å². The molecule has 1 heterocycles. The van der Waals surface area contributed by atoms with Crippen LogP contribution in [0.25, 0.3) is 0 Å². The molecule has 0 spiro atoms. The van der Waals surface area contributed by atoms with Crippen molar-refractivity contribution in [2.75, 3.05) is 0 Å². The summed E-state index contributed by atoms with van der Waals surface area (Å²) in [4.78, 5) is 1.35. The summed E-state index contributed by atoms with van der Waals surface area (Å²) in [5.74, 6) is -0.216. The van der Waals surface area contributed by atoms with Gasteiger partial charge in [-0.15, -0.1) is 11.3 Å². The maximum absolute atomic E-state index is 13.0. The fourth-order valence-corrected chi connectivity index (χ4v) is 3.34. The van der Waals surface area contributed by atoms with E-state index in [9.17, 15) is 4.39 Å². The zero-order valence-corrected chi connectivity index (χ0v) is 12.7. The summed E-state index contributed by atoms with van der Waals surface area (Å²) in [5, 5.41) is 5.56. The lowest BCUT2D eigenvalue weighted by Gasteiger charge is -2.15. The molecule has 18 heavy (non-hydrogen) atoms. The van der Waals surface area contributed by atoms with Crippen LogP contribution in [0.4, 0.5) is 4.39 Å². The second kappa shape index (κ2) is 5.95. The Morgan fingerprint density at radius 3 is 2.78 bits per heavy atom. The van der Waals surface area contributed by atoms with Crippen LogP contribution in [0, 0.1) is 12.7 Å². The molecule has 1 aromatic heterocycles. The Morgan fingerprint density at radius 1 is 1.39 bits per heavy atom. The molecule has 96 valence electrons. The summed E-state index contributed by atoms with van der Waals surface area (Å²) in [6, 6.07) is 7.12. The lowest BCUT2D eigenvalue weighted by Crippen LogP contribution is -2.18. The quantitative estimate of drug-likeness (QED) is 0.849. The monoisotopic (exact) mass is 327 g/mol. The van der Waals surface area contributed by atoms with E-state index in [-0.39, 0.29) is 11.9 Å². The summed E-state index contributed by atoms with van der Waals surface area (Å²) >= 11 is 5.16. The summed E-state index contributed by atoms with van der Waals surface area (Å²) in [6.07, 6.45) is 0. The standard InChI is InChI=1S/C14H15BrFNS/c1-9-5-6-18-14(9)8-17-10(2)12-4-3-11(16)7-13(12)15/h3-7,10,17H,8H2,1-2H3. The molecule has 1 aromatic carbocycles. The van der Waals surface area contributed by atoms with E-state index in [1.54, 1.807) is 11.3 Å². The topological polar surface area (TPSA) is 12.0 Å². The van der Waals surface area contributed by atoms with E-state index in [1.165, 1.54) is 22.6 Å². The summed E-state index contributed by atoms with van der Waals surface area (Å²) < 4.78 is 13.8. The van der Waals surface area contributed by atoms with E-state index in [2.05, 4.69) is 46.5 Å². The van der Waals surface area contributed by atoms with Gasteiger partial charge >= 0.3 is 0 Å². The van der Waals surface area contributed by atoms with Gasteiger partial charge in [-0.3, -0.25) is 0 Å². The molecule has 0 fully saturated rings. The highest BCUT2D eigenvalue weighted by molar-refractivity contribution is 9.10. The number of hydrogen-bond donors (Lipinski definition) is 1. The van der Waals surface area contributed by atoms with Crippen LogP contribution in [0.2, 0.25) is 0 Å². The number of nitrogens with one attached hydrogen (secondary N) is 1. The lowest BCUT2D eigenvalue weighted by molar-refractivity contribution is 0.571. The van der Waals surface area contributed by atoms with Crippen molar-refractivity contribution in [2.45, 2.75) is 26.4 Å². The maximum atomic E-state index is 13.0. The Hall–Kier alpha value is -0.710. The summed E-state index contributed by atoms with van der Waals surface area (Å²) in [5.41, 5.74) is 2.39. The molecule has 0 saturated heterocycles. The van der Waals surface area contributed by atoms with Crippen molar-refractivity contribution >= 4 is 27.3 Å². The Morgan fingerprint density at radius 2 is 2.17 bits per heavy atom. The largest absolute Gasteiger partial charge is 0.305 e. The third kappa shape index (κ3) is 3.19. The van der Waals surface area contributed by atoms with Gasteiger partial charge in [-0.1, -0.05) is 22.0 Å². The van der Waals surface area contributed by atoms with Crippen LogP contribution in [0.15, 0.2) is 34.1 Å². The van der Waals surface area contributed by atoms with Gasteiger partial charge in [0.15, 0.2) is 0 Å². The average Bonchev–Trinajstić information content (AvgIpc) is 2.72. The molecular weight excluding hydrogens is 313 g/mol. The fourth-order valence-electron chi connectivity index (χ4n) is 1.79. The predicted octanol–water partition coefficient (Wildman–Crippen LogP) is 4.81. The van der Waals surface area contributed by atoms with E-state index in [1.807, 2.05) is 6.07 Å². The first kappa shape index (κ1) is 13.7. The Kier molecular flexibility index (Phi) is 4.54. The van der Waals surface area contributed by atoms with Gasteiger partial charge in [0, 0.05) is 21.9 Å². The summed E-state index contributed by atoms with van der Waals surface area (Å²) in [7, 11) is 0. The van der Waals surface area contributed by atoms with Gasteiger partial charge < -0.3 is 5.32 Å². The number of rotatable bonds is 4. The lowest BCUT2D eigenvalue weighted by atomic mass is 10.1. The van der Waals surface area contributed by atoms with E-state index >= 15 is 0 Å². The van der Waals surface area contributed by atoms with Crippen molar-refractivity contribution in [1.29, 1.82) is 0 Å². The SMILES string of the molecule is Cc1ccsc1CNC(C)c1ccc(F)cc1Br. The molecule has 0 aliphatic carbocycles. The normalized spacial score (nSPS) is 12.7. The minimum Gasteiger partial charge on any atom is -0.305 e. The molecular formula is C14H15BrFNS. The molecule has 0 amide bonds. The summed E-state index contributed by atoms with van der Waals surface area (Å²) in [6.45, 7) is 5.04. The molecule has 0 saturated carbocycles. The highest BCUT2D eigenvalue weighted by atomic mass is 79.9. The molecule has 1 N–H and O–H groups in total. The fraction of sp³-hybridized carbons (Fsp3) is 0.286. The van der Waals surface area contributed by atoms with E-state index in [0.29, 0.717) is 0 Å². The van der Waals surface area contributed by atoms with Crippen LogP contribution in [-0.4, -0.2) is 0 Å². The zero-order chi connectivity index (χ0) is 13.1. The van der Waals surface area contributed by atoms with Gasteiger partial charge in [0.25, 0.3) is 0 Å². The number of thiophene rings is 1. The van der Waals surface area contributed by atoms with Crippen LogP contribution >= 0.6 is 27.3 Å². The zero-order valence-electron chi connectivity index (χ0n) is 10.3. The highest BCUT2D eigenvalue weighted by Crippen LogP contribution is 2.25. The highest BCUT2D eigenvalue weighted by Gasteiger charge is 2.10. The van der Waals surface area contributed by atoms with Crippen molar-refractivity contribution in [3.63, 3.8) is 0 Å². The second-order valence-electron chi connectivity index (χ2n) is 4.30. The number of halogens is 2. The molecule has 0 aliphatic rings. The molecule has 0 radical (unpaired) electrons. The first-order valence-electron chi connectivity index (χ1n) is 5.79. The predicted molar refractivity (Wildman–Crippen MR) is 78.4 cm³/mol. The molecule has 4 heteroatoms. The van der Waals surface area contributed by atoms with Crippen molar-refractivity contribution < 1.29 is 4.39 Å². The first-order valence-corrected chi connectivity index (χ1v) is 7.46. The third-order valence-corrected chi connectivity index (χ3v) is 4.68. The molecule has 0 aliphatic heterocycles. The first-order chi connectivity index (χ1) is 8.58. The van der Waals surface area contributed by atoms with Crippen LogP contribution in [0.1, 0.15) is 29.0 Å². The molecule has 1 nitrogen and oxygen atoms in total. The number of benzene rings is 1. The molecule has 1 atom stereocenters. The smallest absolute Gasteiger partial charge is 0.124 e. The van der Waals surface area contributed by atoms with Gasteiger partial charge in [-0.25, -0.2) is 4.39 Å². The van der Waals surface area contributed by atoms with E-state index in [0.717, 1.165) is 16.6 Å². The van der Waals surface area contributed by atoms with E-state index < -0.39 is 0 Å². The maximum Gasteiger partial charge on any atom is 0.124 e. The Labute approximate surface area is 119 Å². The minimum atomic E-state index is -0.216. The van der Waals surface area contributed by atoms with Gasteiger partial charge in [0.1, 0.15) is 5.82 Å². The molecule has 1 unspecified atom stereocenters. The Balaban J connectivity index is 2.03. The minimum absolute atomic E-state index is 0.182. The van der Waals surface area contributed by atoms with Crippen molar-refractivity contribution in [3.8, 4) is 0 Å². The van der Waals surface area contributed by atoms with Crippen LogP contribution in [0.3, 0.4) is 0 Å². The van der Waals surface area contributed by atoms with Gasteiger partial charge in [-0.2, -0.15) is 0 Å². The van der Waals surface area contributed by atoms with Crippen LogP contribution in [0.5, 0.6) is 0 Å². The molecule has 2 aromatic rings. The van der Waals surface area contributed by atoms with Gasteiger partial charge in [0.05, 0.1) is 0 Å². The molecule has 2 rings (SSSR count). The van der Waals surface area contributed by atoms with Crippen molar-refractivity contribution in [3.05, 3.63) is 55.9 Å². The third-order valence-electron chi connectivity index (χ3n) is 2.97.